The molecule has 0 bridgehead atoms. The standard InChI is InChI=1S/C33H56N6O6.C12H24N2O3.C11H21NO4/c1-13-15-21(25(41)28(43)34-16-14-2)35-27(42)24-23-20(33(23,10)11)17-39(24)29(44)26(32(7,8)9)37-30(45)36-22(31(4,5)6)18-38(12)19(3)40;1-11(2,3)8(9(15)13-7)14-10(16)17-12(4,5)6;1-10(2,3)7(8(13)14)12-9(15)16-11(4,5)6/h14,20-24,26H,2,13,15-18H2,1,3-12H3,(H,34,43)(H,35,42)(H2,36,37,45);8H,1-7H3,(H,13,15)(H,14,16);7H,1-6H3,(H,12,15)(H,13,14)/t20-,21?,22+,23-,24-,26+;8-;7-/m011/s1. The molecule has 1 aliphatic heterocycles. The number of carboxylic acids is 1. The fraction of sp³-hybridized carbons (Fsp3) is 0.786. The molecule has 1 saturated carbocycles. The smallest absolute Gasteiger partial charge is 0.408 e. The molecule has 1 heterocycles. The maximum atomic E-state index is 14.3. The van der Waals surface area contributed by atoms with Gasteiger partial charge in [-0.2, -0.15) is 0 Å². The second-order valence-electron chi connectivity index (χ2n) is 27.2. The highest BCUT2D eigenvalue weighted by Gasteiger charge is 2.70. The van der Waals surface area contributed by atoms with Crippen LogP contribution in [-0.4, -0.2) is 156 Å². The summed E-state index contributed by atoms with van der Waals surface area (Å²) < 4.78 is 10.1. The lowest BCUT2D eigenvalue weighted by Gasteiger charge is -2.39. The van der Waals surface area contributed by atoms with Crippen LogP contribution in [0.4, 0.5) is 14.4 Å². The summed E-state index contributed by atoms with van der Waals surface area (Å²) in [5.74, 6) is -3.91. The number of amides is 9. The topological polar surface area (TPSA) is 300 Å². The average Bonchev–Trinajstić information content (AvgIpc) is 3.53. The summed E-state index contributed by atoms with van der Waals surface area (Å²) in [7, 11) is 3.21. The molecule has 1 saturated heterocycles. The highest BCUT2D eigenvalue weighted by atomic mass is 16.6. The van der Waals surface area contributed by atoms with Crippen LogP contribution in [0.1, 0.15) is 165 Å². The number of fused-ring (bicyclic) bond motifs is 1. The molecule has 0 aromatic carbocycles. The first-order chi connectivity index (χ1) is 35.0. The van der Waals surface area contributed by atoms with E-state index in [2.05, 4.69) is 57.6 Å². The third-order valence-electron chi connectivity index (χ3n) is 13.1. The molecule has 22 heteroatoms. The second-order valence-corrected chi connectivity index (χ2v) is 27.2. The van der Waals surface area contributed by atoms with E-state index in [1.807, 2.05) is 69.2 Å². The van der Waals surface area contributed by atoms with Crippen molar-refractivity contribution < 1.29 is 62.5 Å². The minimum atomic E-state index is -1.07. The molecule has 1 unspecified atom stereocenters. The zero-order valence-electron chi connectivity index (χ0n) is 51.7. The Morgan fingerprint density at radius 3 is 1.54 bits per heavy atom. The third-order valence-corrected chi connectivity index (χ3v) is 13.1. The largest absolute Gasteiger partial charge is 0.480 e. The monoisotopic (exact) mass is 1110 g/mol. The molecule has 0 spiro atoms. The zero-order chi connectivity index (χ0) is 61.7. The number of nitrogens with zero attached hydrogens (tertiary/aromatic N) is 2. The molecule has 8 atom stereocenters. The van der Waals surface area contributed by atoms with E-state index in [9.17, 15) is 47.9 Å². The van der Waals surface area contributed by atoms with Crippen LogP contribution >= 0.6 is 0 Å². The van der Waals surface area contributed by atoms with Crippen LogP contribution in [0.15, 0.2) is 12.7 Å². The summed E-state index contributed by atoms with van der Waals surface area (Å²) >= 11 is 0. The Hall–Kier alpha value is -5.96. The molecular weight excluding hydrogens is 1010 g/mol. The summed E-state index contributed by atoms with van der Waals surface area (Å²) in [6.45, 7) is 44.5. The molecule has 8 N–H and O–H groups in total. The lowest BCUT2D eigenvalue weighted by Crippen LogP contribution is -2.62. The van der Waals surface area contributed by atoms with E-state index in [-0.39, 0.29) is 59.4 Å². The van der Waals surface area contributed by atoms with Gasteiger partial charge in [-0.05, 0) is 86.9 Å². The molecule has 0 aromatic rings. The summed E-state index contributed by atoms with van der Waals surface area (Å²) in [6, 6.07) is -5.42. The van der Waals surface area contributed by atoms with Crippen molar-refractivity contribution in [2.75, 3.05) is 33.7 Å². The van der Waals surface area contributed by atoms with Gasteiger partial charge in [0.05, 0.1) is 12.1 Å². The van der Waals surface area contributed by atoms with Gasteiger partial charge < -0.3 is 61.6 Å². The van der Waals surface area contributed by atoms with Gasteiger partial charge in [-0.1, -0.05) is 116 Å². The maximum Gasteiger partial charge on any atom is 0.408 e. The molecule has 1 aliphatic carbocycles. The lowest BCUT2D eigenvalue weighted by molar-refractivity contribution is -0.145. The van der Waals surface area contributed by atoms with Crippen molar-refractivity contribution in [2.24, 2.45) is 38.9 Å². The van der Waals surface area contributed by atoms with Crippen molar-refractivity contribution in [3.63, 3.8) is 0 Å². The molecular formula is C56H101N9O13. The predicted octanol–water partition coefficient (Wildman–Crippen LogP) is 5.91. The number of nitrogens with one attached hydrogen (secondary N) is 7. The summed E-state index contributed by atoms with van der Waals surface area (Å²) in [5.41, 5.74) is -3.44. The number of carbonyl (C=O) groups is 10. The number of alkyl carbamates (subject to hydrolysis) is 2. The van der Waals surface area contributed by atoms with Gasteiger partial charge in [0.2, 0.25) is 29.4 Å². The van der Waals surface area contributed by atoms with Gasteiger partial charge >= 0.3 is 24.2 Å². The fourth-order valence-corrected chi connectivity index (χ4v) is 8.44. The SMILES string of the molecule is C=CCNC(=O)C(=O)C(CCC)NC(=O)[C@@H]1[C@@H]2[C@H](CN1C(=O)[C@@H](NC(=O)N[C@H](CN(C)C(C)=O)C(C)(C)C)C(C)(C)C)C2(C)C.CC(C)(C)OC(=O)N[C@H](C(=O)O)C(C)(C)C.CNC(=O)[C@@H](NC(=O)OC(C)(C)C)C(C)(C)C. The number of hydrogen-bond acceptors (Lipinski definition) is 12. The van der Waals surface area contributed by atoms with Crippen molar-refractivity contribution in [1.82, 2.24) is 47.0 Å². The Labute approximate surface area is 465 Å². The fourth-order valence-electron chi connectivity index (χ4n) is 8.44. The van der Waals surface area contributed by atoms with Gasteiger partial charge in [0, 0.05) is 40.7 Å². The van der Waals surface area contributed by atoms with Gasteiger partial charge in [0.1, 0.15) is 35.4 Å². The highest BCUT2D eigenvalue weighted by Crippen LogP contribution is 2.65. The first-order valence-electron chi connectivity index (χ1n) is 26.8. The molecule has 9 amide bonds. The summed E-state index contributed by atoms with van der Waals surface area (Å²) in [6.07, 6.45) is 0.989. The Bertz CT molecular complexity index is 2140. The molecule has 0 radical (unpaired) electrons. The number of ketones is 1. The second kappa shape index (κ2) is 28.3. The highest BCUT2D eigenvalue weighted by molar-refractivity contribution is 6.38. The summed E-state index contributed by atoms with van der Waals surface area (Å²) in [4.78, 5) is 128. The molecule has 2 rings (SSSR count). The predicted molar refractivity (Wildman–Crippen MR) is 300 cm³/mol. The number of carboxylic acid groups (broad SMARTS) is 1. The van der Waals surface area contributed by atoms with Crippen molar-refractivity contribution in [3.05, 3.63) is 12.7 Å². The first kappa shape index (κ1) is 72.0. The number of carbonyl (C=O) groups excluding carboxylic acids is 9. The molecule has 78 heavy (non-hydrogen) atoms. The number of rotatable bonds is 17. The van der Waals surface area contributed by atoms with Crippen molar-refractivity contribution in [2.45, 2.75) is 213 Å². The number of ether oxygens (including phenoxy) is 2. The average molecular weight is 1110 g/mol. The van der Waals surface area contributed by atoms with Crippen LogP contribution in [0, 0.1) is 38.9 Å². The van der Waals surface area contributed by atoms with Crippen molar-refractivity contribution in [1.29, 1.82) is 0 Å². The Kier molecular flexibility index (Phi) is 26.1. The van der Waals surface area contributed by atoms with E-state index < -0.39 is 106 Å². The van der Waals surface area contributed by atoms with Crippen LogP contribution < -0.4 is 37.2 Å². The quantitative estimate of drug-likeness (QED) is 0.0621. The minimum absolute atomic E-state index is 0.0789. The van der Waals surface area contributed by atoms with E-state index in [0.29, 0.717) is 13.0 Å². The van der Waals surface area contributed by atoms with Crippen LogP contribution in [0.5, 0.6) is 0 Å². The van der Waals surface area contributed by atoms with Gasteiger partial charge in [-0.25, -0.2) is 19.2 Å². The zero-order valence-corrected chi connectivity index (χ0v) is 51.7. The molecule has 448 valence electrons. The maximum absolute atomic E-state index is 14.3. The van der Waals surface area contributed by atoms with E-state index in [4.69, 9.17) is 14.6 Å². The number of hydrogen-bond donors (Lipinski definition) is 8. The van der Waals surface area contributed by atoms with Crippen LogP contribution in [0.3, 0.4) is 0 Å². The third kappa shape index (κ3) is 23.6. The Morgan fingerprint density at radius 1 is 0.705 bits per heavy atom. The van der Waals surface area contributed by atoms with Crippen molar-refractivity contribution in [3.8, 4) is 0 Å². The molecule has 2 aliphatic rings. The number of Topliss-reactive ketones (excluding diaryl/α,β-unsaturated/α-hetero) is 1. The number of urea groups is 1. The van der Waals surface area contributed by atoms with E-state index in [0.717, 1.165) is 0 Å². The number of likely N-dealkylation sites (N-methyl/N-ethyl adjacent to an activating group) is 2. The van der Waals surface area contributed by atoms with E-state index in [1.165, 1.54) is 29.8 Å². The van der Waals surface area contributed by atoms with Crippen LogP contribution in [0.2, 0.25) is 0 Å². The molecule has 2 fully saturated rings. The van der Waals surface area contributed by atoms with Crippen molar-refractivity contribution >= 4 is 59.5 Å². The van der Waals surface area contributed by atoms with Gasteiger partial charge in [-0.15, -0.1) is 6.58 Å². The van der Waals surface area contributed by atoms with Crippen LogP contribution in [-0.2, 0) is 43.0 Å². The Balaban J connectivity index is 0.00000146. The van der Waals surface area contributed by atoms with Gasteiger partial charge in [0.25, 0.3) is 5.91 Å². The van der Waals surface area contributed by atoms with Gasteiger partial charge in [-0.3, -0.25) is 28.8 Å². The Morgan fingerprint density at radius 2 is 1.17 bits per heavy atom. The lowest BCUT2D eigenvalue weighted by atomic mass is 9.85. The van der Waals surface area contributed by atoms with E-state index >= 15 is 0 Å². The molecule has 0 aromatic heterocycles. The number of aliphatic carboxylic acids is 1. The number of piperidine rings is 1. The first-order valence-corrected chi connectivity index (χ1v) is 26.8. The van der Waals surface area contributed by atoms with E-state index in [1.54, 1.807) is 69.4 Å². The van der Waals surface area contributed by atoms with Gasteiger partial charge in [0.15, 0.2) is 0 Å². The number of likely N-dealkylation sites (tertiary alicyclic amines) is 1. The summed E-state index contributed by atoms with van der Waals surface area (Å²) in [5, 5.41) is 27.5. The minimum Gasteiger partial charge on any atom is -0.480 e. The molecule has 22 nitrogen and oxygen atoms in total. The normalized spacial score (nSPS) is 18.7. The van der Waals surface area contributed by atoms with Crippen LogP contribution in [0.25, 0.3) is 0 Å².